The fraction of sp³-hybridized carbons (Fsp3) is 0.412. The van der Waals surface area contributed by atoms with Crippen molar-refractivity contribution in [3.8, 4) is 10.6 Å². The van der Waals surface area contributed by atoms with E-state index < -0.39 is 11.4 Å². The van der Waals surface area contributed by atoms with Crippen LogP contribution in [-0.4, -0.2) is 45.3 Å². The van der Waals surface area contributed by atoms with Crippen molar-refractivity contribution >= 4 is 40.1 Å². The summed E-state index contributed by atoms with van der Waals surface area (Å²) in [6, 6.07) is 6.93. The van der Waals surface area contributed by atoms with E-state index in [-0.39, 0.29) is 18.5 Å². The summed E-state index contributed by atoms with van der Waals surface area (Å²) in [6.45, 7) is 0.719. The Labute approximate surface area is 159 Å². The second-order valence-electron chi connectivity index (χ2n) is 6.78. The quantitative estimate of drug-likeness (QED) is 0.832. The average Bonchev–Trinajstić information content (AvgIpc) is 3.28. The summed E-state index contributed by atoms with van der Waals surface area (Å²) >= 11 is 7.24. The Morgan fingerprint density at radius 3 is 2.96 bits per heavy atom. The number of aromatic nitrogens is 2. The van der Waals surface area contributed by atoms with Gasteiger partial charge in [-0.05, 0) is 30.9 Å². The van der Waals surface area contributed by atoms with Crippen molar-refractivity contribution in [1.29, 1.82) is 0 Å². The number of carbonyl (C=O) groups excluding carboxylic acids is 1. The molecule has 1 saturated heterocycles. The number of urea groups is 1. The Bertz CT molecular complexity index is 873. The predicted molar refractivity (Wildman–Crippen MR) is 98.4 cm³/mol. The number of nitrogens with zero attached hydrogens (tertiary/aromatic N) is 3. The Morgan fingerprint density at radius 2 is 2.23 bits per heavy atom. The zero-order valence-corrected chi connectivity index (χ0v) is 15.4. The third kappa shape index (κ3) is 2.93. The van der Waals surface area contributed by atoms with Crippen molar-refractivity contribution in [2.75, 3.05) is 18.4 Å². The van der Waals surface area contributed by atoms with Crippen molar-refractivity contribution < 1.29 is 14.7 Å². The maximum Gasteiger partial charge on any atom is 0.323 e. The van der Waals surface area contributed by atoms with E-state index in [2.05, 4.69) is 15.5 Å². The lowest BCUT2D eigenvalue weighted by Gasteiger charge is -2.23. The van der Waals surface area contributed by atoms with Gasteiger partial charge in [-0.15, -0.1) is 10.2 Å². The first-order valence-corrected chi connectivity index (χ1v) is 9.56. The lowest BCUT2D eigenvalue weighted by Crippen LogP contribution is -2.38. The number of hydrogen-bond acceptors (Lipinski definition) is 5. The van der Waals surface area contributed by atoms with E-state index in [9.17, 15) is 14.7 Å². The third-order valence-electron chi connectivity index (χ3n) is 5.29. The lowest BCUT2D eigenvalue weighted by molar-refractivity contribution is -0.149. The number of fused-ring (bicyclic) bond motifs is 1. The highest BCUT2D eigenvalue weighted by Crippen LogP contribution is 2.49. The minimum Gasteiger partial charge on any atom is -0.481 e. The molecule has 4 rings (SSSR count). The van der Waals surface area contributed by atoms with Gasteiger partial charge in [0.1, 0.15) is 5.01 Å². The average molecular weight is 393 g/mol. The molecule has 9 heteroatoms. The number of hydrogen-bond donors (Lipinski definition) is 2. The van der Waals surface area contributed by atoms with Crippen LogP contribution in [0.5, 0.6) is 0 Å². The van der Waals surface area contributed by atoms with Crippen LogP contribution in [0.15, 0.2) is 24.3 Å². The largest absolute Gasteiger partial charge is 0.481 e. The number of rotatable bonds is 3. The molecular weight excluding hydrogens is 376 g/mol. The molecule has 2 heterocycles. The van der Waals surface area contributed by atoms with Crippen molar-refractivity contribution in [2.45, 2.75) is 19.3 Å². The number of amides is 2. The zero-order chi connectivity index (χ0) is 18.3. The number of nitrogens with one attached hydrogen (secondary N) is 1. The number of anilines is 1. The first-order valence-electron chi connectivity index (χ1n) is 8.37. The van der Waals surface area contributed by atoms with Gasteiger partial charge in [0.25, 0.3) is 0 Å². The van der Waals surface area contributed by atoms with Gasteiger partial charge in [-0.1, -0.05) is 41.5 Å². The number of carboxylic acids is 1. The molecular formula is C17H17ClN4O3S. The molecule has 0 unspecified atom stereocenters. The molecule has 2 atom stereocenters. The van der Waals surface area contributed by atoms with Crippen LogP contribution in [0, 0.1) is 11.3 Å². The van der Waals surface area contributed by atoms with Crippen molar-refractivity contribution in [2.24, 2.45) is 11.3 Å². The summed E-state index contributed by atoms with van der Waals surface area (Å²) < 4.78 is 0. The molecule has 1 aromatic heterocycles. The Hall–Kier alpha value is -2.19. The molecule has 0 spiro atoms. The number of halogens is 1. The van der Waals surface area contributed by atoms with Crippen LogP contribution in [0.3, 0.4) is 0 Å². The minimum atomic E-state index is -0.797. The first kappa shape index (κ1) is 17.2. The number of carboxylic acid groups (broad SMARTS) is 1. The second-order valence-corrected chi connectivity index (χ2v) is 8.20. The molecule has 1 aliphatic heterocycles. The number of carbonyl (C=O) groups is 2. The highest BCUT2D eigenvalue weighted by Gasteiger charge is 2.55. The monoisotopic (exact) mass is 392 g/mol. The van der Waals surface area contributed by atoms with E-state index in [0.29, 0.717) is 28.1 Å². The molecule has 1 aromatic carbocycles. The van der Waals surface area contributed by atoms with Crippen molar-refractivity contribution in [1.82, 2.24) is 15.1 Å². The SMILES string of the molecule is O=C(Nc1nnc(-c2cccc(Cl)c2)s1)N1C[C@@H]2CCC[C@@]2(C(=O)O)C1. The Kier molecular flexibility index (Phi) is 4.32. The summed E-state index contributed by atoms with van der Waals surface area (Å²) in [4.78, 5) is 25.9. The fourth-order valence-electron chi connectivity index (χ4n) is 3.98. The highest BCUT2D eigenvalue weighted by molar-refractivity contribution is 7.18. The standard InChI is InChI=1S/C17H17ClN4O3S/c18-12-5-1-3-10(7-12)13-20-21-15(26-13)19-16(25)22-8-11-4-2-6-17(11,9-22)14(23)24/h1,3,5,7,11H,2,4,6,8-9H2,(H,23,24)(H,19,21,25)/t11-,17+/m0/s1. The summed E-state index contributed by atoms with van der Waals surface area (Å²) in [6.07, 6.45) is 2.40. The normalized spacial score (nSPS) is 24.5. The molecule has 2 N–H and O–H groups in total. The van der Waals surface area contributed by atoms with E-state index in [1.165, 1.54) is 11.3 Å². The number of aliphatic carboxylic acids is 1. The van der Waals surface area contributed by atoms with Gasteiger partial charge in [-0.25, -0.2) is 4.79 Å². The molecule has 0 radical (unpaired) electrons. The van der Waals surface area contributed by atoms with Gasteiger partial charge in [0.15, 0.2) is 0 Å². The summed E-state index contributed by atoms with van der Waals surface area (Å²) in [7, 11) is 0. The van der Waals surface area contributed by atoms with E-state index in [1.54, 1.807) is 17.0 Å². The molecule has 136 valence electrons. The van der Waals surface area contributed by atoms with Crippen LogP contribution in [0.25, 0.3) is 10.6 Å². The van der Waals surface area contributed by atoms with Crippen molar-refractivity contribution in [3.05, 3.63) is 29.3 Å². The van der Waals surface area contributed by atoms with Crippen LogP contribution in [0.4, 0.5) is 9.93 Å². The van der Waals surface area contributed by atoms with Crippen LogP contribution in [0.2, 0.25) is 5.02 Å². The van der Waals surface area contributed by atoms with E-state index in [0.717, 1.165) is 18.4 Å². The molecule has 2 amide bonds. The molecule has 0 bridgehead atoms. The molecule has 1 aliphatic carbocycles. The maximum absolute atomic E-state index is 12.6. The highest BCUT2D eigenvalue weighted by atomic mass is 35.5. The lowest BCUT2D eigenvalue weighted by atomic mass is 9.81. The maximum atomic E-state index is 12.6. The van der Waals surface area contributed by atoms with Crippen molar-refractivity contribution in [3.63, 3.8) is 0 Å². The number of benzene rings is 1. The van der Waals surface area contributed by atoms with Gasteiger partial charge in [-0.2, -0.15) is 0 Å². The summed E-state index contributed by atoms with van der Waals surface area (Å²) in [5, 5.41) is 22.1. The molecule has 2 aliphatic rings. The van der Waals surface area contributed by atoms with E-state index in [1.807, 2.05) is 12.1 Å². The third-order valence-corrected chi connectivity index (χ3v) is 6.42. The fourth-order valence-corrected chi connectivity index (χ4v) is 4.90. The molecule has 26 heavy (non-hydrogen) atoms. The summed E-state index contributed by atoms with van der Waals surface area (Å²) in [5.41, 5.74) is 0.0424. The Morgan fingerprint density at radius 1 is 1.38 bits per heavy atom. The minimum absolute atomic E-state index is 0.0298. The van der Waals surface area contributed by atoms with Gasteiger partial charge < -0.3 is 10.0 Å². The molecule has 7 nitrogen and oxygen atoms in total. The first-order chi connectivity index (χ1) is 12.5. The van der Waals surface area contributed by atoms with E-state index in [4.69, 9.17) is 11.6 Å². The topological polar surface area (TPSA) is 95.4 Å². The van der Waals surface area contributed by atoms with Crippen LogP contribution < -0.4 is 5.32 Å². The van der Waals surface area contributed by atoms with Gasteiger partial charge in [0.05, 0.1) is 5.41 Å². The van der Waals surface area contributed by atoms with Crippen LogP contribution in [-0.2, 0) is 4.79 Å². The molecule has 2 aromatic rings. The smallest absolute Gasteiger partial charge is 0.323 e. The van der Waals surface area contributed by atoms with Gasteiger partial charge >= 0.3 is 12.0 Å². The predicted octanol–water partition coefficient (Wildman–Crippen LogP) is 3.58. The van der Waals surface area contributed by atoms with Gasteiger partial charge in [0.2, 0.25) is 5.13 Å². The molecule has 2 fully saturated rings. The second kappa shape index (κ2) is 6.51. The Balaban J connectivity index is 1.46. The van der Waals surface area contributed by atoms with Crippen LogP contribution in [0.1, 0.15) is 19.3 Å². The molecule has 1 saturated carbocycles. The van der Waals surface area contributed by atoms with Crippen LogP contribution >= 0.6 is 22.9 Å². The van der Waals surface area contributed by atoms with E-state index >= 15 is 0 Å². The van der Waals surface area contributed by atoms with Gasteiger partial charge in [0, 0.05) is 23.7 Å². The number of likely N-dealkylation sites (tertiary alicyclic amines) is 1. The zero-order valence-electron chi connectivity index (χ0n) is 13.8. The summed E-state index contributed by atoms with van der Waals surface area (Å²) in [5.74, 6) is -0.767. The van der Waals surface area contributed by atoms with Gasteiger partial charge in [-0.3, -0.25) is 10.1 Å².